The Morgan fingerprint density at radius 1 is 0.970 bits per heavy atom. The summed E-state index contributed by atoms with van der Waals surface area (Å²) in [5, 5.41) is 9.29. The van der Waals surface area contributed by atoms with Gasteiger partial charge < -0.3 is 14.4 Å². The zero-order valence-electron chi connectivity index (χ0n) is 18.2. The molecule has 0 unspecified atom stereocenters. The minimum absolute atomic E-state index is 0. The molecule has 1 aliphatic carbocycles. The maximum absolute atomic E-state index is 13.5. The highest BCUT2D eigenvalue weighted by Gasteiger charge is 2.53. The monoisotopic (exact) mass is 496 g/mol. The summed E-state index contributed by atoms with van der Waals surface area (Å²) in [5.41, 5.74) is 1.60. The maximum Gasteiger partial charge on any atom is 0.265 e. The molecule has 0 aromatic heterocycles. The molecule has 0 bridgehead atoms. The van der Waals surface area contributed by atoms with Crippen molar-refractivity contribution in [2.24, 2.45) is 0 Å². The van der Waals surface area contributed by atoms with E-state index in [1.54, 1.807) is 17.6 Å². The van der Waals surface area contributed by atoms with E-state index in [1.807, 2.05) is 30.3 Å². The van der Waals surface area contributed by atoms with Crippen molar-refractivity contribution in [1.29, 1.82) is 0 Å². The Balaban J connectivity index is 0.00000306. The van der Waals surface area contributed by atoms with E-state index >= 15 is 0 Å². The molecule has 2 aliphatic rings. The molecule has 10 heteroatoms. The minimum atomic E-state index is -4.02. The normalized spacial score (nSPS) is 18.1. The lowest BCUT2D eigenvalue weighted by molar-refractivity contribution is -0.133. The third-order valence-corrected chi connectivity index (χ3v) is 8.71. The number of piperidine rings is 1. The summed E-state index contributed by atoms with van der Waals surface area (Å²) in [4.78, 5) is 14.8. The lowest BCUT2D eigenvalue weighted by Crippen LogP contribution is -2.58. The predicted octanol–water partition coefficient (Wildman–Crippen LogP) is 2.84. The van der Waals surface area contributed by atoms with Gasteiger partial charge in [0.2, 0.25) is 0 Å². The third-order valence-electron chi connectivity index (χ3n) is 6.20. The molecule has 8 nitrogen and oxygen atoms in total. The largest absolute Gasteiger partial charge is 0.490 e. The molecule has 180 valence electrons. The van der Waals surface area contributed by atoms with Crippen molar-refractivity contribution in [2.75, 3.05) is 26.3 Å². The summed E-state index contributed by atoms with van der Waals surface area (Å²) in [6, 6.07) is 15.9. The van der Waals surface area contributed by atoms with Crippen LogP contribution in [0.3, 0.4) is 0 Å². The number of hydrogen-bond donors (Lipinski definition) is 2. The Hall–Kier alpha value is -2.33. The molecule has 4 rings (SSSR count). The zero-order chi connectivity index (χ0) is 22.6. The number of nitrogens with zero attached hydrogens (tertiary/aromatic N) is 1. The quantitative estimate of drug-likeness (QED) is 0.312. The Kier molecular flexibility index (Phi) is 8.23. The number of hydrogen-bond acceptors (Lipinski definition) is 7. The van der Waals surface area contributed by atoms with Gasteiger partial charge in [-0.15, -0.1) is 12.4 Å². The first kappa shape index (κ1) is 25.3. The fourth-order valence-electron chi connectivity index (χ4n) is 4.19. The van der Waals surface area contributed by atoms with E-state index in [0.29, 0.717) is 38.1 Å². The van der Waals surface area contributed by atoms with Gasteiger partial charge in [0.05, 0.1) is 4.90 Å². The van der Waals surface area contributed by atoms with E-state index in [9.17, 15) is 18.4 Å². The third kappa shape index (κ3) is 5.43. The standard InChI is InChI=1S/C23H28N2O6S.ClH/c26-22(24-27)23(12-14-25(15-13-23)18-6-7-18)32(28,29)21-10-8-20(9-11-21)31-17-16-30-19-4-2-1-3-5-19;/h1-5,8-11,18,27H,6-7,12-17H2,(H,24,26);1H. The van der Waals surface area contributed by atoms with Gasteiger partial charge in [-0.2, -0.15) is 0 Å². The van der Waals surface area contributed by atoms with Crippen LogP contribution < -0.4 is 15.0 Å². The average Bonchev–Trinajstić information content (AvgIpc) is 3.68. The second kappa shape index (κ2) is 10.7. The van der Waals surface area contributed by atoms with E-state index in [-0.39, 0.29) is 30.1 Å². The second-order valence-corrected chi connectivity index (χ2v) is 10.4. The minimum Gasteiger partial charge on any atom is -0.490 e. The summed E-state index contributed by atoms with van der Waals surface area (Å²) in [6.07, 6.45) is 2.52. The summed E-state index contributed by atoms with van der Waals surface area (Å²) in [7, 11) is -4.02. The number of sulfone groups is 1. The van der Waals surface area contributed by atoms with Crippen LogP contribution in [0.25, 0.3) is 0 Å². The molecular formula is C23H29ClN2O6S. The average molecular weight is 497 g/mol. The van der Waals surface area contributed by atoms with Crippen molar-refractivity contribution < 1.29 is 27.9 Å². The van der Waals surface area contributed by atoms with Crippen molar-refractivity contribution in [3.63, 3.8) is 0 Å². The van der Waals surface area contributed by atoms with E-state index in [2.05, 4.69) is 4.90 Å². The highest BCUT2D eigenvalue weighted by atomic mass is 35.5. The van der Waals surface area contributed by atoms with Crippen molar-refractivity contribution >= 4 is 28.2 Å². The number of carbonyl (C=O) groups excluding carboxylic acids is 1. The first-order valence-corrected chi connectivity index (χ1v) is 12.3. The summed E-state index contributed by atoms with van der Waals surface area (Å²) in [5.74, 6) is 0.383. The highest BCUT2D eigenvalue weighted by molar-refractivity contribution is 7.93. The fourth-order valence-corrected chi connectivity index (χ4v) is 6.14. The van der Waals surface area contributed by atoms with Crippen LogP contribution in [0.2, 0.25) is 0 Å². The van der Waals surface area contributed by atoms with E-state index < -0.39 is 20.5 Å². The van der Waals surface area contributed by atoms with Gasteiger partial charge in [-0.3, -0.25) is 10.0 Å². The van der Waals surface area contributed by atoms with Crippen LogP contribution in [0.4, 0.5) is 0 Å². The van der Waals surface area contributed by atoms with Crippen LogP contribution in [0.15, 0.2) is 59.5 Å². The van der Waals surface area contributed by atoms with Crippen LogP contribution in [0.1, 0.15) is 25.7 Å². The molecule has 2 aromatic rings. The van der Waals surface area contributed by atoms with Crippen LogP contribution in [0, 0.1) is 0 Å². The van der Waals surface area contributed by atoms with Gasteiger partial charge in [-0.05, 0) is 62.1 Å². The van der Waals surface area contributed by atoms with Gasteiger partial charge in [0, 0.05) is 19.1 Å². The Morgan fingerprint density at radius 2 is 1.52 bits per heavy atom. The van der Waals surface area contributed by atoms with Gasteiger partial charge in [-0.25, -0.2) is 13.9 Å². The number of rotatable bonds is 9. The van der Waals surface area contributed by atoms with Crippen molar-refractivity contribution in [2.45, 2.75) is 41.4 Å². The van der Waals surface area contributed by atoms with Crippen LogP contribution in [-0.2, 0) is 14.6 Å². The molecule has 1 heterocycles. The summed E-state index contributed by atoms with van der Waals surface area (Å²) in [6.45, 7) is 1.68. The molecule has 1 saturated carbocycles. The molecule has 0 spiro atoms. The molecule has 0 radical (unpaired) electrons. The van der Waals surface area contributed by atoms with Gasteiger partial charge in [-0.1, -0.05) is 18.2 Å². The Labute approximate surface area is 200 Å². The lowest BCUT2D eigenvalue weighted by Gasteiger charge is -2.39. The smallest absolute Gasteiger partial charge is 0.265 e. The summed E-state index contributed by atoms with van der Waals surface area (Å²) < 4.78 is 36.5. The van der Waals surface area contributed by atoms with E-state index in [0.717, 1.165) is 18.6 Å². The zero-order valence-corrected chi connectivity index (χ0v) is 19.8. The lowest BCUT2D eigenvalue weighted by atomic mass is 9.94. The molecule has 1 saturated heterocycles. The summed E-state index contributed by atoms with van der Waals surface area (Å²) >= 11 is 0. The first-order valence-electron chi connectivity index (χ1n) is 10.8. The molecule has 2 aromatic carbocycles. The van der Waals surface area contributed by atoms with E-state index in [1.165, 1.54) is 12.1 Å². The van der Waals surface area contributed by atoms with Crippen LogP contribution >= 0.6 is 12.4 Å². The predicted molar refractivity (Wildman–Crippen MR) is 125 cm³/mol. The number of amides is 1. The Morgan fingerprint density at radius 3 is 2.03 bits per heavy atom. The van der Waals surface area contributed by atoms with Gasteiger partial charge >= 0.3 is 0 Å². The van der Waals surface area contributed by atoms with E-state index in [4.69, 9.17) is 9.47 Å². The topological polar surface area (TPSA) is 105 Å². The molecular weight excluding hydrogens is 468 g/mol. The number of benzene rings is 2. The number of nitrogens with one attached hydrogen (secondary N) is 1. The van der Waals surface area contributed by atoms with Crippen molar-refractivity contribution in [1.82, 2.24) is 10.4 Å². The SMILES string of the molecule is Cl.O=C(NO)C1(S(=O)(=O)c2ccc(OCCOc3ccccc3)cc2)CCN(C2CC2)CC1. The first-order chi connectivity index (χ1) is 15.5. The molecule has 0 atom stereocenters. The molecule has 2 fully saturated rings. The number of para-hydroxylation sites is 1. The maximum atomic E-state index is 13.5. The van der Waals surface area contributed by atoms with Crippen molar-refractivity contribution in [3.8, 4) is 11.5 Å². The van der Waals surface area contributed by atoms with Gasteiger partial charge in [0.15, 0.2) is 14.6 Å². The molecule has 1 aliphatic heterocycles. The second-order valence-electron chi connectivity index (χ2n) is 8.19. The number of halogens is 1. The fraction of sp³-hybridized carbons (Fsp3) is 0.435. The molecule has 33 heavy (non-hydrogen) atoms. The van der Waals surface area contributed by atoms with Gasteiger partial charge in [0.25, 0.3) is 5.91 Å². The van der Waals surface area contributed by atoms with Crippen LogP contribution in [-0.4, -0.2) is 61.5 Å². The van der Waals surface area contributed by atoms with Crippen LogP contribution in [0.5, 0.6) is 11.5 Å². The number of hydroxylamine groups is 1. The van der Waals surface area contributed by atoms with Crippen molar-refractivity contribution in [3.05, 3.63) is 54.6 Å². The molecule has 1 amide bonds. The molecule has 2 N–H and O–H groups in total. The number of likely N-dealkylation sites (tertiary alicyclic amines) is 1. The Bertz CT molecular complexity index is 1020. The van der Waals surface area contributed by atoms with Gasteiger partial charge in [0.1, 0.15) is 24.7 Å². The highest BCUT2D eigenvalue weighted by Crippen LogP contribution is 2.39. The number of carbonyl (C=O) groups is 1. The number of ether oxygens (including phenoxy) is 2.